The van der Waals surface area contributed by atoms with Crippen LogP contribution in [0.5, 0.6) is 0 Å². The number of aromatic nitrogens is 1. The quantitative estimate of drug-likeness (QED) is 0.312. The molecule has 0 saturated heterocycles. The fourth-order valence-corrected chi connectivity index (χ4v) is 5.62. The fraction of sp³-hybridized carbons (Fsp3) is 0.107. The van der Waals surface area contributed by atoms with E-state index in [2.05, 4.69) is 0 Å². The zero-order valence-electron chi connectivity index (χ0n) is 19.5. The molecule has 0 aliphatic carbocycles. The van der Waals surface area contributed by atoms with Crippen molar-refractivity contribution >= 4 is 52.3 Å². The average Bonchev–Trinajstić information content (AvgIpc) is 3.20. The van der Waals surface area contributed by atoms with E-state index in [-0.39, 0.29) is 17.7 Å². The van der Waals surface area contributed by atoms with Crippen LogP contribution < -0.4 is 14.9 Å². The number of rotatable bonds is 5. The molecule has 0 radical (unpaired) electrons. The van der Waals surface area contributed by atoms with Crippen LogP contribution in [0.3, 0.4) is 0 Å². The lowest BCUT2D eigenvalue weighted by atomic mass is 9.93. The highest BCUT2D eigenvalue weighted by molar-refractivity contribution is 7.07. The van der Waals surface area contributed by atoms with Gasteiger partial charge in [0.1, 0.15) is 5.82 Å². The molecular weight excluding hydrogens is 534 g/mol. The molecule has 1 aliphatic rings. The monoisotopic (exact) mass is 552 g/mol. The van der Waals surface area contributed by atoms with Gasteiger partial charge < -0.3 is 4.74 Å². The summed E-state index contributed by atoms with van der Waals surface area (Å²) in [5.41, 5.74) is 2.08. The molecule has 0 unspecified atom stereocenters. The van der Waals surface area contributed by atoms with Crippen LogP contribution in [-0.2, 0) is 9.53 Å². The van der Waals surface area contributed by atoms with E-state index in [1.165, 1.54) is 28.0 Å². The predicted molar refractivity (Wildman–Crippen MR) is 144 cm³/mol. The van der Waals surface area contributed by atoms with Crippen molar-refractivity contribution in [1.82, 2.24) is 4.57 Å². The molecule has 0 fully saturated rings. The first-order chi connectivity index (χ1) is 17.9. The van der Waals surface area contributed by atoms with Crippen LogP contribution in [0.2, 0.25) is 10.0 Å². The van der Waals surface area contributed by atoms with Gasteiger partial charge in [0, 0.05) is 15.6 Å². The Morgan fingerprint density at radius 1 is 1.11 bits per heavy atom. The lowest BCUT2D eigenvalue weighted by molar-refractivity contribution is -0.138. The van der Waals surface area contributed by atoms with Gasteiger partial charge in [-0.15, -0.1) is 0 Å². The standard InChI is InChI=1S/C28H19Cl2FN2O3S/c1-2-36-27(35)23-24(16-6-4-3-5-7-16)32-28-33(25(23)17-9-12-20(31)13-10-17)26(34)22(37-28)14-18-8-11-19(29)15-21(18)30/h3-15,25H,2H2,1H3/b22-14-/t25-/m0/s1. The summed E-state index contributed by atoms with van der Waals surface area (Å²) >= 11 is 13.6. The molecule has 4 aromatic rings. The number of hydrogen-bond donors (Lipinski definition) is 0. The van der Waals surface area contributed by atoms with E-state index < -0.39 is 17.8 Å². The summed E-state index contributed by atoms with van der Waals surface area (Å²) in [6.07, 6.45) is 1.67. The molecule has 5 rings (SSSR count). The third-order valence-electron chi connectivity index (χ3n) is 5.81. The van der Waals surface area contributed by atoms with Crippen molar-refractivity contribution < 1.29 is 13.9 Å². The second kappa shape index (κ2) is 10.5. The first-order valence-electron chi connectivity index (χ1n) is 11.4. The van der Waals surface area contributed by atoms with E-state index in [1.54, 1.807) is 43.3 Å². The molecule has 0 N–H and O–H groups in total. The molecule has 5 nitrogen and oxygen atoms in total. The predicted octanol–water partition coefficient (Wildman–Crippen LogP) is 5.38. The second-order valence-electron chi connectivity index (χ2n) is 8.15. The lowest BCUT2D eigenvalue weighted by Gasteiger charge is -2.25. The number of carbonyl (C=O) groups excluding carboxylic acids is 1. The highest BCUT2D eigenvalue weighted by Gasteiger charge is 2.35. The van der Waals surface area contributed by atoms with Crippen molar-refractivity contribution in [3.05, 3.63) is 131 Å². The molecule has 37 heavy (non-hydrogen) atoms. The van der Waals surface area contributed by atoms with E-state index in [9.17, 15) is 14.0 Å². The van der Waals surface area contributed by atoms with Crippen molar-refractivity contribution in [2.45, 2.75) is 13.0 Å². The molecule has 1 atom stereocenters. The molecule has 9 heteroatoms. The number of carbonyl (C=O) groups is 1. The van der Waals surface area contributed by atoms with Gasteiger partial charge in [-0.05, 0) is 48.4 Å². The molecule has 0 spiro atoms. The Kier molecular flexibility index (Phi) is 7.11. The van der Waals surface area contributed by atoms with E-state index in [1.807, 2.05) is 30.3 Å². The number of benzene rings is 3. The number of thiazole rings is 1. The molecule has 186 valence electrons. The van der Waals surface area contributed by atoms with Crippen molar-refractivity contribution in [1.29, 1.82) is 0 Å². The normalized spacial score (nSPS) is 15.4. The van der Waals surface area contributed by atoms with Gasteiger partial charge in [-0.3, -0.25) is 9.36 Å². The average molecular weight is 553 g/mol. The Balaban J connectivity index is 1.83. The SMILES string of the molecule is CCOC(=O)C1=C(c2ccccc2)N=c2s/c(=C\c3ccc(Cl)cc3Cl)c(=O)n2[C@H]1c1ccc(F)cc1. The number of halogens is 3. The van der Waals surface area contributed by atoms with Crippen LogP contribution in [0.25, 0.3) is 11.8 Å². The summed E-state index contributed by atoms with van der Waals surface area (Å²) in [4.78, 5) is 32.3. The summed E-state index contributed by atoms with van der Waals surface area (Å²) < 4.78 is 21.1. The van der Waals surface area contributed by atoms with E-state index in [0.717, 1.165) is 0 Å². The smallest absolute Gasteiger partial charge is 0.338 e. The number of hydrogen-bond acceptors (Lipinski definition) is 5. The Morgan fingerprint density at radius 2 is 1.84 bits per heavy atom. The van der Waals surface area contributed by atoms with Gasteiger partial charge in [-0.2, -0.15) is 0 Å². The Morgan fingerprint density at radius 3 is 2.51 bits per heavy atom. The highest BCUT2D eigenvalue weighted by atomic mass is 35.5. The largest absolute Gasteiger partial charge is 0.463 e. The third kappa shape index (κ3) is 4.90. The molecule has 0 amide bonds. The molecule has 1 aromatic heterocycles. The van der Waals surface area contributed by atoms with E-state index in [0.29, 0.717) is 41.8 Å². The van der Waals surface area contributed by atoms with Crippen LogP contribution in [0.4, 0.5) is 4.39 Å². The summed E-state index contributed by atoms with van der Waals surface area (Å²) in [5, 5.41) is 0.872. The van der Waals surface area contributed by atoms with Gasteiger partial charge in [-0.25, -0.2) is 14.2 Å². The van der Waals surface area contributed by atoms with Crippen LogP contribution in [0.1, 0.15) is 29.7 Å². The summed E-state index contributed by atoms with van der Waals surface area (Å²) in [6.45, 7) is 1.85. The Hall–Kier alpha value is -3.52. The maximum absolute atomic E-state index is 13.8. The molecule has 2 heterocycles. The van der Waals surface area contributed by atoms with Crippen molar-refractivity contribution in [2.75, 3.05) is 6.61 Å². The van der Waals surface area contributed by atoms with Crippen LogP contribution >= 0.6 is 34.5 Å². The summed E-state index contributed by atoms with van der Waals surface area (Å²) in [7, 11) is 0. The molecule has 0 saturated carbocycles. The number of esters is 1. The van der Waals surface area contributed by atoms with E-state index in [4.69, 9.17) is 32.9 Å². The molecule has 3 aromatic carbocycles. The molecule has 0 bridgehead atoms. The van der Waals surface area contributed by atoms with Crippen molar-refractivity contribution in [3.8, 4) is 0 Å². The van der Waals surface area contributed by atoms with Gasteiger partial charge in [0.05, 0.1) is 28.5 Å². The molecule has 1 aliphatic heterocycles. The van der Waals surface area contributed by atoms with Gasteiger partial charge in [-0.1, -0.05) is 83.1 Å². The number of nitrogens with zero attached hydrogens (tertiary/aromatic N) is 2. The number of ether oxygens (including phenoxy) is 1. The zero-order valence-corrected chi connectivity index (χ0v) is 21.8. The summed E-state index contributed by atoms with van der Waals surface area (Å²) in [5.74, 6) is -1.03. The maximum Gasteiger partial charge on any atom is 0.338 e. The Labute approximate surface area is 225 Å². The minimum Gasteiger partial charge on any atom is -0.463 e. The fourth-order valence-electron chi connectivity index (χ4n) is 4.16. The van der Waals surface area contributed by atoms with Crippen LogP contribution in [0, 0.1) is 5.82 Å². The van der Waals surface area contributed by atoms with Crippen molar-refractivity contribution in [3.63, 3.8) is 0 Å². The van der Waals surface area contributed by atoms with Gasteiger partial charge in [0.25, 0.3) is 5.56 Å². The van der Waals surface area contributed by atoms with Gasteiger partial charge in [0.2, 0.25) is 0 Å². The minimum absolute atomic E-state index is 0.139. The van der Waals surface area contributed by atoms with Crippen molar-refractivity contribution in [2.24, 2.45) is 4.99 Å². The third-order valence-corrected chi connectivity index (χ3v) is 7.35. The highest BCUT2D eigenvalue weighted by Crippen LogP contribution is 2.35. The number of fused-ring (bicyclic) bond motifs is 1. The van der Waals surface area contributed by atoms with E-state index >= 15 is 0 Å². The summed E-state index contributed by atoms with van der Waals surface area (Å²) in [6, 6.07) is 19.0. The maximum atomic E-state index is 13.8. The zero-order chi connectivity index (χ0) is 26.1. The second-order valence-corrected chi connectivity index (χ2v) is 10.0. The van der Waals surface area contributed by atoms with Crippen LogP contribution in [0.15, 0.2) is 88.2 Å². The van der Waals surface area contributed by atoms with Crippen LogP contribution in [-0.4, -0.2) is 17.1 Å². The lowest BCUT2D eigenvalue weighted by Crippen LogP contribution is -2.40. The van der Waals surface area contributed by atoms with Gasteiger partial charge >= 0.3 is 5.97 Å². The minimum atomic E-state index is -0.881. The van der Waals surface area contributed by atoms with Gasteiger partial charge in [0.15, 0.2) is 4.80 Å². The first kappa shape index (κ1) is 25.1. The molecular formula is C28H19Cl2FN2O3S. The Bertz CT molecular complexity index is 1710. The first-order valence-corrected chi connectivity index (χ1v) is 12.9. The topological polar surface area (TPSA) is 60.7 Å².